The molecule has 0 aliphatic rings. The van der Waals surface area contributed by atoms with E-state index in [-0.39, 0.29) is 11.6 Å². The third kappa shape index (κ3) is 3.69. The van der Waals surface area contributed by atoms with Crippen molar-refractivity contribution in [3.63, 3.8) is 0 Å². The molecule has 0 bridgehead atoms. The number of nitrogen functional groups attached to an aromatic ring is 1. The fourth-order valence-electron chi connectivity index (χ4n) is 2.58. The second kappa shape index (κ2) is 7.79. The number of pyridine rings is 1. The molecule has 2 aromatic heterocycles. The Labute approximate surface area is 178 Å². The van der Waals surface area contributed by atoms with Crippen molar-refractivity contribution in [1.29, 1.82) is 0 Å². The van der Waals surface area contributed by atoms with Crippen molar-refractivity contribution in [2.75, 3.05) is 11.1 Å². The molecular formula is C19H12BrCl2N5O. The largest absolute Gasteiger partial charge is 0.435 e. The summed E-state index contributed by atoms with van der Waals surface area (Å²) in [5.41, 5.74) is 7.75. The maximum atomic E-state index is 6.22. The predicted octanol–water partition coefficient (Wildman–Crippen LogP) is 6.21. The number of hydrogen-bond acceptors (Lipinski definition) is 6. The number of nitrogens with one attached hydrogen (secondary N) is 1. The van der Waals surface area contributed by atoms with Crippen LogP contribution < -0.4 is 15.8 Å². The van der Waals surface area contributed by atoms with Gasteiger partial charge in [0.2, 0.25) is 5.88 Å². The van der Waals surface area contributed by atoms with Gasteiger partial charge in [-0.2, -0.15) is 4.98 Å². The SMILES string of the molecule is Nc1c(Nc2ccc(Cl)cc2Cl)ncnc1Oc1ccc(Br)c2cccnc12. The number of nitrogens with zero attached hydrogens (tertiary/aromatic N) is 3. The lowest BCUT2D eigenvalue weighted by molar-refractivity contribution is 0.469. The van der Waals surface area contributed by atoms with E-state index in [4.69, 9.17) is 33.7 Å². The van der Waals surface area contributed by atoms with Gasteiger partial charge in [0.05, 0.1) is 10.7 Å². The number of ether oxygens (including phenoxy) is 1. The molecule has 28 heavy (non-hydrogen) atoms. The molecule has 0 amide bonds. The number of benzene rings is 2. The highest BCUT2D eigenvalue weighted by Gasteiger charge is 2.14. The zero-order valence-corrected chi connectivity index (χ0v) is 17.3. The van der Waals surface area contributed by atoms with E-state index in [1.165, 1.54) is 6.33 Å². The Morgan fingerprint density at radius 3 is 2.71 bits per heavy atom. The molecule has 0 atom stereocenters. The normalized spacial score (nSPS) is 10.8. The first-order valence-electron chi connectivity index (χ1n) is 8.06. The van der Waals surface area contributed by atoms with E-state index in [1.54, 1.807) is 30.5 Å². The second-order valence-electron chi connectivity index (χ2n) is 5.74. The number of aromatic nitrogens is 3. The quantitative estimate of drug-likeness (QED) is 0.364. The van der Waals surface area contributed by atoms with Crippen molar-refractivity contribution in [2.24, 2.45) is 0 Å². The standard InChI is InChI=1S/C19H12BrCl2N5O/c20-12-4-6-15(17-11(12)2-1-7-24-17)28-19-16(23)18(25-9-26-19)27-14-5-3-10(21)8-13(14)22/h1-9H,23H2,(H,25,26,27). The molecule has 140 valence electrons. The molecule has 3 N–H and O–H groups in total. The van der Waals surface area contributed by atoms with E-state index in [0.29, 0.717) is 32.8 Å². The zero-order valence-electron chi connectivity index (χ0n) is 14.2. The molecule has 0 unspecified atom stereocenters. The Hall–Kier alpha value is -2.61. The maximum Gasteiger partial charge on any atom is 0.248 e. The average molecular weight is 477 g/mol. The van der Waals surface area contributed by atoms with Crippen molar-refractivity contribution in [1.82, 2.24) is 15.0 Å². The molecule has 4 aromatic rings. The van der Waals surface area contributed by atoms with Crippen LogP contribution in [0.25, 0.3) is 10.9 Å². The van der Waals surface area contributed by atoms with Crippen LogP contribution in [0.3, 0.4) is 0 Å². The lowest BCUT2D eigenvalue weighted by atomic mass is 10.2. The van der Waals surface area contributed by atoms with Gasteiger partial charge in [-0.3, -0.25) is 4.98 Å². The molecular weight excluding hydrogens is 465 g/mol. The topological polar surface area (TPSA) is 86.0 Å². The van der Waals surface area contributed by atoms with Crippen LogP contribution in [0, 0.1) is 0 Å². The summed E-state index contributed by atoms with van der Waals surface area (Å²) >= 11 is 15.7. The number of rotatable bonds is 4. The van der Waals surface area contributed by atoms with Crippen molar-refractivity contribution in [2.45, 2.75) is 0 Å². The smallest absolute Gasteiger partial charge is 0.248 e. The number of hydrogen-bond donors (Lipinski definition) is 2. The van der Waals surface area contributed by atoms with Crippen LogP contribution in [0.4, 0.5) is 17.2 Å². The van der Waals surface area contributed by atoms with Crippen LogP contribution in [0.2, 0.25) is 10.0 Å². The molecule has 0 fully saturated rings. The molecule has 0 aliphatic heterocycles. The van der Waals surface area contributed by atoms with Gasteiger partial charge in [0.25, 0.3) is 0 Å². The van der Waals surface area contributed by atoms with E-state index in [9.17, 15) is 0 Å². The number of halogens is 3. The van der Waals surface area contributed by atoms with Gasteiger partial charge < -0.3 is 15.8 Å². The minimum Gasteiger partial charge on any atom is -0.435 e. The molecule has 9 heteroatoms. The summed E-state index contributed by atoms with van der Waals surface area (Å²) < 4.78 is 6.87. The summed E-state index contributed by atoms with van der Waals surface area (Å²) in [6.07, 6.45) is 3.05. The number of fused-ring (bicyclic) bond motifs is 1. The minimum absolute atomic E-state index is 0.205. The second-order valence-corrected chi connectivity index (χ2v) is 7.44. The number of nitrogens with two attached hydrogens (primary N) is 1. The Bertz CT molecular complexity index is 1190. The van der Waals surface area contributed by atoms with Crippen LogP contribution in [-0.4, -0.2) is 15.0 Å². The molecule has 0 radical (unpaired) electrons. The lowest BCUT2D eigenvalue weighted by Gasteiger charge is -2.13. The molecule has 4 rings (SSSR count). The van der Waals surface area contributed by atoms with Crippen molar-refractivity contribution < 1.29 is 4.74 Å². The van der Waals surface area contributed by atoms with Gasteiger partial charge in [-0.15, -0.1) is 0 Å². The summed E-state index contributed by atoms with van der Waals surface area (Å²) in [5, 5.41) is 4.96. The van der Waals surface area contributed by atoms with E-state index >= 15 is 0 Å². The zero-order chi connectivity index (χ0) is 19.7. The molecule has 6 nitrogen and oxygen atoms in total. The van der Waals surface area contributed by atoms with Crippen LogP contribution in [-0.2, 0) is 0 Å². The first-order chi connectivity index (χ1) is 13.5. The van der Waals surface area contributed by atoms with Gasteiger partial charge in [0, 0.05) is 21.1 Å². The summed E-state index contributed by atoms with van der Waals surface area (Å²) in [6, 6.07) is 12.5. The fraction of sp³-hybridized carbons (Fsp3) is 0. The van der Waals surface area contributed by atoms with Crippen molar-refractivity contribution in [3.05, 3.63) is 69.5 Å². The highest BCUT2D eigenvalue weighted by atomic mass is 79.9. The summed E-state index contributed by atoms with van der Waals surface area (Å²) in [6.45, 7) is 0. The highest BCUT2D eigenvalue weighted by Crippen LogP contribution is 2.36. The van der Waals surface area contributed by atoms with Crippen LogP contribution in [0.5, 0.6) is 11.6 Å². The number of anilines is 3. The fourth-order valence-corrected chi connectivity index (χ4v) is 3.49. The Kier molecular flexibility index (Phi) is 5.21. The summed E-state index contributed by atoms with van der Waals surface area (Å²) in [4.78, 5) is 12.7. The molecule has 0 saturated heterocycles. The first-order valence-corrected chi connectivity index (χ1v) is 9.61. The van der Waals surface area contributed by atoms with Gasteiger partial charge in [-0.25, -0.2) is 4.98 Å². The van der Waals surface area contributed by atoms with Gasteiger partial charge in [-0.1, -0.05) is 45.2 Å². The molecule has 0 saturated carbocycles. The Morgan fingerprint density at radius 2 is 1.89 bits per heavy atom. The van der Waals surface area contributed by atoms with E-state index in [2.05, 4.69) is 36.2 Å². The van der Waals surface area contributed by atoms with Crippen LogP contribution >= 0.6 is 39.1 Å². The highest BCUT2D eigenvalue weighted by molar-refractivity contribution is 9.10. The van der Waals surface area contributed by atoms with Crippen LogP contribution in [0.15, 0.2) is 59.5 Å². The van der Waals surface area contributed by atoms with Crippen molar-refractivity contribution in [3.8, 4) is 11.6 Å². The van der Waals surface area contributed by atoms with Gasteiger partial charge in [0.15, 0.2) is 11.6 Å². The minimum atomic E-state index is 0.205. The first kappa shape index (κ1) is 18.7. The predicted molar refractivity (Wildman–Crippen MR) is 116 cm³/mol. The Morgan fingerprint density at radius 1 is 1.04 bits per heavy atom. The summed E-state index contributed by atoms with van der Waals surface area (Å²) in [7, 11) is 0. The average Bonchev–Trinajstić information content (AvgIpc) is 2.69. The van der Waals surface area contributed by atoms with E-state index in [1.807, 2.05) is 18.2 Å². The van der Waals surface area contributed by atoms with E-state index < -0.39 is 0 Å². The molecule has 0 aliphatic carbocycles. The third-order valence-electron chi connectivity index (χ3n) is 3.92. The monoisotopic (exact) mass is 475 g/mol. The van der Waals surface area contributed by atoms with Crippen LogP contribution in [0.1, 0.15) is 0 Å². The maximum absolute atomic E-state index is 6.22. The van der Waals surface area contributed by atoms with E-state index in [0.717, 1.165) is 9.86 Å². The van der Waals surface area contributed by atoms with Gasteiger partial charge >= 0.3 is 0 Å². The molecule has 0 spiro atoms. The third-order valence-corrected chi connectivity index (χ3v) is 5.16. The molecule has 2 aromatic carbocycles. The van der Waals surface area contributed by atoms with Gasteiger partial charge in [-0.05, 0) is 36.4 Å². The van der Waals surface area contributed by atoms with Crippen molar-refractivity contribution >= 4 is 67.2 Å². The summed E-state index contributed by atoms with van der Waals surface area (Å²) in [5.74, 6) is 1.10. The Balaban J connectivity index is 1.69. The molecule has 2 heterocycles. The lowest BCUT2D eigenvalue weighted by Crippen LogP contribution is -2.03. The van der Waals surface area contributed by atoms with Gasteiger partial charge in [0.1, 0.15) is 17.5 Å².